The Morgan fingerprint density at radius 2 is 1.71 bits per heavy atom. The molecule has 0 unspecified atom stereocenters. The van der Waals surface area contributed by atoms with Gasteiger partial charge >= 0.3 is 0 Å². The highest BCUT2D eigenvalue weighted by atomic mass is 32.2. The minimum Gasteiger partial charge on any atom is -0.339 e. The van der Waals surface area contributed by atoms with Gasteiger partial charge in [0.15, 0.2) is 0 Å². The summed E-state index contributed by atoms with van der Waals surface area (Å²) in [4.78, 5) is 16.8. The summed E-state index contributed by atoms with van der Waals surface area (Å²) < 4.78 is 32.1. The topological polar surface area (TPSA) is 105 Å². The molecule has 9 heteroatoms. The molecule has 31 heavy (non-hydrogen) atoms. The number of carbonyl (C=O) groups is 1. The van der Waals surface area contributed by atoms with E-state index in [9.17, 15) is 13.2 Å². The van der Waals surface area contributed by atoms with Gasteiger partial charge in [0, 0.05) is 37.2 Å². The van der Waals surface area contributed by atoms with Gasteiger partial charge in [0.1, 0.15) is 0 Å². The number of hydrogen-bond acceptors (Lipinski definition) is 6. The monoisotopic (exact) mass is 440 g/mol. The minimum atomic E-state index is -3.48. The van der Waals surface area contributed by atoms with Gasteiger partial charge in [0.05, 0.1) is 4.90 Å². The quantitative estimate of drug-likeness (QED) is 0.603. The summed E-state index contributed by atoms with van der Waals surface area (Å²) in [5, 5.41) is 6.71. The Morgan fingerprint density at radius 3 is 2.42 bits per heavy atom. The van der Waals surface area contributed by atoms with Crippen molar-refractivity contribution >= 4 is 21.6 Å². The van der Waals surface area contributed by atoms with Crippen molar-refractivity contribution in [2.24, 2.45) is 0 Å². The highest BCUT2D eigenvalue weighted by molar-refractivity contribution is 7.89. The van der Waals surface area contributed by atoms with E-state index in [1.165, 1.54) is 16.4 Å². The number of amides is 1. The summed E-state index contributed by atoms with van der Waals surface area (Å²) in [6.07, 6.45) is 3.33. The maximum atomic E-state index is 12.7. The first kappa shape index (κ1) is 21.2. The zero-order valence-electron chi connectivity index (χ0n) is 17.0. The molecule has 3 aromatic rings. The van der Waals surface area contributed by atoms with Crippen LogP contribution >= 0.6 is 0 Å². The summed E-state index contributed by atoms with van der Waals surface area (Å²) in [5.74, 6) is 0.657. The third-order valence-corrected chi connectivity index (χ3v) is 7.07. The second-order valence-corrected chi connectivity index (χ2v) is 9.35. The fraction of sp³-hybridized carbons (Fsp3) is 0.318. The van der Waals surface area contributed by atoms with Gasteiger partial charge in [-0.15, -0.1) is 0 Å². The molecule has 1 aromatic heterocycles. The lowest BCUT2D eigenvalue weighted by atomic mass is 10.2. The van der Waals surface area contributed by atoms with Crippen molar-refractivity contribution in [2.75, 3.05) is 18.4 Å². The van der Waals surface area contributed by atoms with Gasteiger partial charge in [0.2, 0.25) is 27.6 Å². The number of carbonyl (C=O) groups excluding carboxylic acids is 1. The first-order valence-electron chi connectivity index (χ1n) is 10.3. The van der Waals surface area contributed by atoms with Crippen molar-refractivity contribution in [1.29, 1.82) is 0 Å². The van der Waals surface area contributed by atoms with Crippen LogP contribution < -0.4 is 5.32 Å². The Kier molecular flexibility index (Phi) is 6.43. The smallest absolute Gasteiger partial charge is 0.243 e. The van der Waals surface area contributed by atoms with Crippen molar-refractivity contribution in [3.05, 3.63) is 60.5 Å². The molecule has 0 aliphatic carbocycles. The molecule has 0 spiro atoms. The molecule has 4 rings (SSSR count). The van der Waals surface area contributed by atoms with Crippen LogP contribution in [-0.4, -0.2) is 41.9 Å². The minimum absolute atomic E-state index is 0.171. The van der Waals surface area contributed by atoms with Crippen molar-refractivity contribution in [3.63, 3.8) is 0 Å². The van der Waals surface area contributed by atoms with E-state index in [0.717, 1.165) is 24.8 Å². The Morgan fingerprint density at radius 1 is 1.00 bits per heavy atom. The van der Waals surface area contributed by atoms with E-state index in [4.69, 9.17) is 4.52 Å². The summed E-state index contributed by atoms with van der Waals surface area (Å²) in [6, 6.07) is 15.7. The molecule has 0 radical (unpaired) electrons. The molecule has 0 bridgehead atoms. The highest BCUT2D eigenvalue weighted by Crippen LogP contribution is 2.22. The lowest BCUT2D eigenvalue weighted by Gasteiger charge is -2.25. The van der Waals surface area contributed by atoms with Crippen molar-refractivity contribution in [2.45, 2.75) is 37.0 Å². The second-order valence-electron chi connectivity index (χ2n) is 7.42. The van der Waals surface area contributed by atoms with Crippen LogP contribution in [0, 0.1) is 0 Å². The molecule has 0 atom stereocenters. The zero-order chi connectivity index (χ0) is 21.7. The number of benzene rings is 2. The van der Waals surface area contributed by atoms with Crippen molar-refractivity contribution in [1.82, 2.24) is 14.4 Å². The summed E-state index contributed by atoms with van der Waals surface area (Å²) >= 11 is 0. The Balaban J connectivity index is 1.31. The van der Waals surface area contributed by atoms with E-state index in [1.54, 1.807) is 12.1 Å². The van der Waals surface area contributed by atoms with Gasteiger partial charge in [-0.05, 0) is 37.1 Å². The van der Waals surface area contributed by atoms with E-state index in [1.807, 2.05) is 30.3 Å². The van der Waals surface area contributed by atoms with Crippen LogP contribution in [0.25, 0.3) is 11.4 Å². The molecule has 2 heterocycles. The Hall–Kier alpha value is -3.04. The summed E-state index contributed by atoms with van der Waals surface area (Å²) in [7, 11) is -3.48. The fourth-order valence-electron chi connectivity index (χ4n) is 3.47. The van der Waals surface area contributed by atoms with Gasteiger partial charge in [0.25, 0.3) is 0 Å². The van der Waals surface area contributed by atoms with E-state index in [0.29, 0.717) is 36.9 Å². The largest absolute Gasteiger partial charge is 0.339 e. The highest BCUT2D eigenvalue weighted by Gasteiger charge is 2.25. The van der Waals surface area contributed by atoms with Gasteiger partial charge in [-0.3, -0.25) is 4.79 Å². The molecule has 1 fully saturated rings. The van der Waals surface area contributed by atoms with Crippen LogP contribution in [0.2, 0.25) is 0 Å². The van der Waals surface area contributed by atoms with E-state index in [2.05, 4.69) is 15.5 Å². The molecular formula is C22H24N4O4S. The maximum absolute atomic E-state index is 12.7. The predicted octanol–water partition coefficient (Wildman–Crippen LogP) is 3.48. The average Bonchev–Trinajstić information content (AvgIpc) is 3.28. The van der Waals surface area contributed by atoms with Crippen molar-refractivity contribution < 1.29 is 17.7 Å². The number of aromatic nitrogens is 2. The number of nitrogens with zero attached hydrogens (tertiary/aromatic N) is 3. The number of sulfonamides is 1. The molecule has 1 aliphatic heterocycles. The Bertz CT molecular complexity index is 1120. The number of nitrogens with one attached hydrogen (secondary N) is 1. The predicted molar refractivity (Wildman–Crippen MR) is 116 cm³/mol. The van der Waals surface area contributed by atoms with E-state index < -0.39 is 10.0 Å². The van der Waals surface area contributed by atoms with Gasteiger partial charge in [-0.25, -0.2) is 8.42 Å². The molecule has 1 saturated heterocycles. The SMILES string of the molecule is O=C(CCc1nc(-c2ccccc2)no1)Nc1ccc(S(=O)(=O)N2CCCCC2)cc1. The average molecular weight is 441 g/mol. The lowest BCUT2D eigenvalue weighted by Crippen LogP contribution is -2.35. The summed E-state index contributed by atoms with van der Waals surface area (Å²) in [6.45, 7) is 1.12. The van der Waals surface area contributed by atoms with Crippen LogP contribution in [0.1, 0.15) is 31.6 Å². The lowest BCUT2D eigenvalue weighted by molar-refractivity contribution is -0.116. The standard InChI is InChI=1S/C22H24N4O4S/c27-20(13-14-21-24-22(25-30-21)17-7-3-1-4-8-17)23-18-9-11-19(12-10-18)31(28,29)26-15-5-2-6-16-26/h1,3-4,7-12H,2,5-6,13-16H2,(H,23,27). The van der Waals surface area contributed by atoms with Crippen LogP contribution in [0.15, 0.2) is 64.0 Å². The second kappa shape index (κ2) is 9.40. The molecule has 162 valence electrons. The van der Waals surface area contributed by atoms with Gasteiger partial charge < -0.3 is 9.84 Å². The number of anilines is 1. The molecule has 1 aliphatic rings. The number of rotatable bonds is 7. The number of hydrogen-bond donors (Lipinski definition) is 1. The first-order chi connectivity index (χ1) is 15.0. The van der Waals surface area contributed by atoms with Crippen LogP contribution in [0.3, 0.4) is 0 Å². The van der Waals surface area contributed by atoms with Crippen LogP contribution in [0.5, 0.6) is 0 Å². The molecular weight excluding hydrogens is 416 g/mol. The van der Waals surface area contributed by atoms with Gasteiger partial charge in [-0.2, -0.15) is 9.29 Å². The fourth-order valence-corrected chi connectivity index (χ4v) is 4.99. The van der Waals surface area contributed by atoms with E-state index in [-0.39, 0.29) is 17.2 Å². The molecule has 8 nitrogen and oxygen atoms in total. The van der Waals surface area contributed by atoms with Gasteiger partial charge in [-0.1, -0.05) is 41.9 Å². The summed E-state index contributed by atoms with van der Waals surface area (Å²) in [5.41, 5.74) is 1.39. The molecule has 1 N–H and O–H groups in total. The van der Waals surface area contributed by atoms with Crippen molar-refractivity contribution in [3.8, 4) is 11.4 Å². The number of piperidine rings is 1. The Labute approximate surface area is 181 Å². The van der Waals surface area contributed by atoms with E-state index >= 15 is 0 Å². The third-order valence-electron chi connectivity index (χ3n) is 5.16. The van der Waals surface area contributed by atoms with Crippen LogP contribution in [0.4, 0.5) is 5.69 Å². The van der Waals surface area contributed by atoms with Crippen LogP contribution in [-0.2, 0) is 21.2 Å². The molecule has 2 aromatic carbocycles. The normalized spacial score (nSPS) is 15.0. The molecule has 1 amide bonds. The first-order valence-corrected chi connectivity index (χ1v) is 11.7. The maximum Gasteiger partial charge on any atom is 0.243 e. The number of aryl methyl sites for hydroxylation is 1. The molecule has 0 saturated carbocycles. The zero-order valence-corrected chi connectivity index (χ0v) is 17.8. The third kappa shape index (κ3) is 5.18.